The third-order valence-electron chi connectivity index (χ3n) is 5.66. The Morgan fingerprint density at radius 3 is 2.97 bits per heavy atom. The number of nitrogens with zero attached hydrogens (tertiary/aromatic N) is 3. The summed E-state index contributed by atoms with van der Waals surface area (Å²) >= 11 is 1.44. The number of amidine groups is 1. The van der Waals surface area contributed by atoms with E-state index in [-0.39, 0.29) is 5.69 Å². The van der Waals surface area contributed by atoms with Crippen LogP contribution in [0.25, 0.3) is 0 Å². The molecule has 2 atom stereocenters. The standard InChI is InChI=1S/C21H20FN5O2S/c1-20-11-29-7-6-21(20,27-19(24)30-12-20)15-8-14(3-4-16(15)22)26-18(28)17-5-2-13(9-23)10-25-17/h2-5,8,10H,6-7,11-12H2,1H3,(H2,24,27)(H,26,28)/t20?,21-/m1/s1. The van der Waals surface area contributed by atoms with Crippen molar-refractivity contribution in [2.75, 3.05) is 24.3 Å². The summed E-state index contributed by atoms with van der Waals surface area (Å²) in [5, 5.41) is 12.0. The van der Waals surface area contributed by atoms with Gasteiger partial charge in [0.05, 0.1) is 12.2 Å². The van der Waals surface area contributed by atoms with Crippen molar-refractivity contribution in [2.24, 2.45) is 16.1 Å². The summed E-state index contributed by atoms with van der Waals surface area (Å²) in [4.78, 5) is 21.3. The highest BCUT2D eigenvalue weighted by Crippen LogP contribution is 2.53. The van der Waals surface area contributed by atoms with Crippen molar-refractivity contribution in [1.29, 1.82) is 5.26 Å². The molecule has 3 heterocycles. The van der Waals surface area contributed by atoms with Crippen LogP contribution in [-0.2, 0) is 10.3 Å². The summed E-state index contributed by atoms with van der Waals surface area (Å²) in [7, 11) is 0. The van der Waals surface area contributed by atoms with Gasteiger partial charge in [-0.05, 0) is 30.3 Å². The molecule has 1 unspecified atom stereocenters. The van der Waals surface area contributed by atoms with E-state index in [1.165, 1.54) is 42.2 Å². The molecule has 4 rings (SSSR count). The first-order valence-electron chi connectivity index (χ1n) is 9.40. The number of thioether (sulfide) groups is 1. The van der Waals surface area contributed by atoms with Gasteiger partial charge in [0.15, 0.2) is 5.17 Å². The number of hydrogen-bond donors (Lipinski definition) is 2. The Morgan fingerprint density at radius 1 is 1.40 bits per heavy atom. The number of nitrogens with one attached hydrogen (secondary N) is 1. The molecular formula is C21H20FN5O2S. The minimum atomic E-state index is -0.863. The Kier molecular flexibility index (Phi) is 5.22. The largest absolute Gasteiger partial charge is 0.381 e. The lowest BCUT2D eigenvalue weighted by atomic mass is 9.65. The lowest BCUT2D eigenvalue weighted by molar-refractivity contribution is -0.0477. The van der Waals surface area contributed by atoms with Crippen LogP contribution in [0.2, 0.25) is 0 Å². The van der Waals surface area contributed by atoms with Crippen LogP contribution >= 0.6 is 11.8 Å². The molecule has 1 aromatic carbocycles. The van der Waals surface area contributed by atoms with E-state index >= 15 is 4.39 Å². The van der Waals surface area contributed by atoms with E-state index in [9.17, 15) is 4.79 Å². The van der Waals surface area contributed by atoms with Gasteiger partial charge >= 0.3 is 0 Å². The maximum Gasteiger partial charge on any atom is 0.274 e. The molecule has 7 nitrogen and oxygen atoms in total. The molecule has 0 saturated carbocycles. The number of fused-ring (bicyclic) bond motifs is 1. The summed E-state index contributed by atoms with van der Waals surface area (Å²) in [5.41, 5.74) is 6.08. The molecular weight excluding hydrogens is 405 g/mol. The normalized spacial score (nSPS) is 25.6. The second-order valence-electron chi connectivity index (χ2n) is 7.65. The first kappa shape index (κ1) is 20.3. The highest BCUT2D eigenvalue weighted by molar-refractivity contribution is 8.13. The fourth-order valence-corrected chi connectivity index (χ4v) is 4.98. The van der Waals surface area contributed by atoms with Crippen LogP contribution in [0.15, 0.2) is 41.5 Å². The summed E-state index contributed by atoms with van der Waals surface area (Å²) in [6.45, 7) is 2.92. The molecule has 2 aromatic rings. The van der Waals surface area contributed by atoms with Crippen LogP contribution in [0, 0.1) is 22.6 Å². The fourth-order valence-electron chi connectivity index (χ4n) is 3.97. The number of carbonyl (C=O) groups excluding carboxylic acids is 1. The second kappa shape index (κ2) is 7.70. The number of pyridine rings is 1. The van der Waals surface area contributed by atoms with Crippen LogP contribution in [0.3, 0.4) is 0 Å². The molecule has 1 aromatic heterocycles. The van der Waals surface area contributed by atoms with Gasteiger partial charge in [-0.25, -0.2) is 9.37 Å². The number of nitriles is 1. The first-order valence-corrected chi connectivity index (χ1v) is 10.4. The molecule has 0 radical (unpaired) electrons. The molecule has 9 heteroatoms. The predicted molar refractivity (Wildman–Crippen MR) is 113 cm³/mol. The Morgan fingerprint density at radius 2 is 2.23 bits per heavy atom. The Bertz CT molecular complexity index is 1070. The summed E-state index contributed by atoms with van der Waals surface area (Å²) in [5.74, 6) is -0.194. The van der Waals surface area contributed by atoms with Gasteiger partial charge in [0.2, 0.25) is 0 Å². The highest BCUT2D eigenvalue weighted by atomic mass is 32.2. The molecule has 0 bridgehead atoms. The molecule has 154 valence electrons. The Hall–Kier alpha value is -2.96. The van der Waals surface area contributed by atoms with Crippen LogP contribution in [0.4, 0.5) is 10.1 Å². The van der Waals surface area contributed by atoms with Crippen molar-refractivity contribution in [3.05, 3.63) is 59.2 Å². The molecule has 0 aliphatic carbocycles. The minimum absolute atomic E-state index is 0.158. The van der Waals surface area contributed by atoms with E-state index in [2.05, 4.69) is 10.3 Å². The van der Waals surface area contributed by atoms with Crippen LogP contribution in [-0.4, -0.2) is 35.0 Å². The molecule has 1 fully saturated rings. The number of amides is 1. The summed E-state index contributed by atoms with van der Waals surface area (Å²) < 4.78 is 20.7. The Labute approximate surface area is 177 Å². The lowest BCUT2D eigenvalue weighted by Crippen LogP contribution is -2.54. The molecule has 30 heavy (non-hydrogen) atoms. The number of anilines is 1. The predicted octanol–water partition coefficient (Wildman–Crippen LogP) is 3.03. The summed E-state index contributed by atoms with van der Waals surface area (Å²) in [6, 6.07) is 9.38. The number of aromatic nitrogens is 1. The zero-order valence-electron chi connectivity index (χ0n) is 16.3. The number of benzene rings is 1. The van der Waals surface area contributed by atoms with E-state index in [4.69, 9.17) is 20.7 Å². The van der Waals surface area contributed by atoms with Crippen LogP contribution < -0.4 is 11.1 Å². The molecule has 1 saturated heterocycles. The van der Waals surface area contributed by atoms with Gasteiger partial charge < -0.3 is 15.8 Å². The minimum Gasteiger partial charge on any atom is -0.381 e. The number of halogens is 1. The van der Waals surface area contributed by atoms with E-state index < -0.39 is 22.7 Å². The van der Waals surface area contributed by atoms with Gasteiger partial charge in [-0.2, -0.15) is 5.26 Å². The fraction of sp³-hybridized carbons (Fsp3) is 0.333. The van der Waals surface area contributed by atoms with Gasteiger partial charge in [0.25, 0.3) is 5.91 Å². The highest BCUT2D eigenvalue weighted by Gasteiger charge is 2.55. The van der Waals surface area contributed by atoms with Gasteiger partial charge in [0.1, 0.15) is 23.1 Å². The van der Waals surface area contributed by atoms with Crippen LogP contribution in [0.5, 0.6) is 0 Å². The third kappa shape index (κ3) is 3.42. The van der Waals surface area contributed by atoms with Gasteiger partial charge in [-0.1, -0.05) is 18.7 Å². The first-order chi connectivity index (χ1) is 14.4. The third-order valence-corrected chi connectivity index (χ3v) is 6.83. The van der Waals surface area contributed by atoms with Crippen molar-refractivity contribution in [3.8, 4) is 6.07 Å². The molecule has 1 amide bonds. The number of hydrogen-bond acceptors (Lipinski definition) is 7. The number of rotatable bonds is 3. The summed E-state index contributed by atoms with van der Waals surface area (Å²) in [6.07, 6.45) is 1.82. The number of carbonyl (C=O) groups is 1. The van der Waals surface area contributed by atoms with Crippen LogP contribution in [0.1, 0.15) is 35.0 Å². The van der Waals surface area contributed by atoms with E-state index in [0.29, 0.717) is 47.4 Å². The lowest BCUT2D eigenvalue weighted by Gasteiger charge is -2.51. The van der Waals surface area contributed by atoms with Crippen molar-refractivity contribution in [3.63, 3.8) is 0 Å². The second-order valence-corrected chi connectivity index (χ2v) is 8.65. The zero-order valence-corrected chi connectivity index (χ0v) is 17.1. The smallest absolute Gasteiger partial charge is 0.274 e. The van der Waals surface area contributed by atoms with E-state index in [0.717, 1.165) is 0 Å². The number of nitrogens with two attached hydrogens (primary N) is 1. The van der Waals surface area contributed by atoms with Crippen molar-refractivity contribution in [1.82, 2.24) is 4.98 Å². The van der Waals surface area contributed by atoms with Gasteiger partial charge in [-0.3, -0.25) is 9.79 Å². The monoisotopic (exact) mass is 425 g/mol. The molecule has 2 aliphatic rings. The van der Waals surface area contributed by atoms with Gasteiger partial charge in [0, 0.05) is 41.6 Å². The van der Waals surface area contributed by atoms with Crippen molar-refractivity contribution >= 4 is 28.5 Å². The topological polar surface area (TPSA) is 113 Å². The van der Waals surface area contributed by atoms with Crippen molar-refractivity contribution in [2.45, 2.75) is 18.9 Å². The average molecular weight is 425 g/mol. The van der Waals surface area contributed by atoms with Crippen molar-refractivity contribution < 1.29 is 13.9 Å². The molecule has 3 N–H and O–H groups in total. The number of aliphatic imine (C=N–C) groups is 1. The molecule has 2 aliphatic heterocycles. The molecule has 0 spiro atoms. The van der Waals surface area contributed by atoms with E-state index in [1.54, 1.807) is 6.07 Å². The van der Waals surface area contributed by atoms with Gasteiger partial charge in [-0.15, -0.1) is 0 Å². The number of ether oxygens (including phenoxy) is 1. The average Bonchev–Trinajstić information content (AvgIpc) is 2.75. The maximum atomic E-state index is 15.0. The quantitative estimate of drug-likeness (QED) is 0.781. The SMILES string of the molecule is CC12COCC[C@]1(c1cc(NC(=O)c3ccc(C#N)cn3)ccc1F)N=C(N)SC2. The zero-order chi connectivity index (χ0) is 21.4. The van der Waals surface area contributed by atoms with E-state index in [1.807, 2.05) is 13.0 Å². The maximum absolute atomic E-state index is 15.0. The Balaban J connectivity index is 1.70.